The molecule has 17 bridgehead atoms. The van der Waals surface area contributed by atoms with Gasteiger partial charge in [-0.15, -0.1) is 0 Å². The molecule has 6 aliphatic rings. The van der Waals surface area contributed by atoms with Crippen molar-refractivity contribution in [1.29, 1.82) is 0 Å². The molecule has 0 saturated carbocycles. The van der Waals surface area contributed by atoms with Gasteiger partial charge in [0.05, 0.1) is 16.7 Å². The summed E-state index contributed by atoms with van der Waals surface area (Å²) in [5, 5.41) is 98.6. The number of aliphatic hydroxyl groups excluding tert-OH is 1. The van der Waals surface area contributed by atoms with E-state index in [1.165, 1.54) is 55.6 Å². The van der Waals surface area contributed by atoms with E-state index in [4.69, 9.17) is 42.1 Å². The predicted molar refractivity (Wildman–Crippen MR) is 313 cm³/mol. The van der Waals surface area contributed by atoms with Crippen LogP contribution >= 0.6 is 23.2 Å². The molecule has 25 nitrogen and oxygen atoms in total. The molecule has 13 rings (SSSR count). The minimum Gasteiger partial charge on any atom is -0.508 e. The standard InChI is InChI=1S/C62H53Cl2N7O18/c1-3-14-86-62(85)52-34-21-30(72)22-40(75)46(34)33-16-26(6-11-38(33)73)49-58(81)71-53(61(84)70-52)54(77)28-8-13-42(36(63)17-28)89-45-20-29-19-44(55(45)78)87-31-9-4-25(5-10-31)15-37-56(79)69-51(60(83)68-50(29)59(82)67-49)35-23-32(24-41(76)47(35)64)88-43-18-27(7-12-39(43)74)48(65-2)57(80)66-37/h4-13,16-24,37,48-54,65,72-78H,3,14-15H2,1-2H3,(H,66,80)(H,67,82)(H,68,83)(H,69,79)(H,70,84)(H,71,81). The van der Waals surface area contributed by atoms with Crippen LogP contribution in [-0.2, 0) is 44.7 Å². The van der Waals surface area contributed by atoms with Gasteiger partial charge in [-0.3, -0.25) is 28.8 Å². The number of ether oxygens (including phenoxy) is 4. The molecule has 0 radical (unpaired) electrons. The monoisotopic (exact) mass is 1250 g/mol. The van der Waals surface area contributed by atoms with Crippen LogP contribution in [0.25, 0.3) is 11.1 Å². The maximum absolute atomic E-state index is 15.8. The van der Waals surface area contributed by atoms with Gasteiger partial charge in [0, 0.05) is 40.8 Å². The second kappa shape index (κ2) is 24.4. The molecule has 458 valence electrons. The molecule has 14 N–H and O–H groups in total. The quantitative estimate of drug-likeness (QED) is 0.0883. The van der Waals surface area contributed by atoms with Crippen molar-refractivity contribution in [3.05, 3.63) is 164 Å². The lowest BCUT2D eigenvalue weighted by Gasteiger charge is -2.31. The maximum Gasteiger partial charge on any atom is 0.333 e. The van der Waals surface area contributed by atoms with Crippen molar-refractivity contribution in [3.63, 3.8) is 0 Å². The normalized spacial score (nSPS) is 21.5. The highest BCUT2D eigenvalue weighted by atomic mass is 35.5. The Balaban J connectivity index is 1.14. The van der Waals surface area contributed by atoms with E-state index in [-0.39, 0.29) is 85.6 Å². The minimum atomic E-state index is -2.16. The first-order valence-corrected chi connectivity index (χ1v) is 28.2. The van der Waals surface area contributed by atoms with E-state index < -0.39 is 141 Å². The van der Waals surface area contributed by atoms with Gasteiger partial charge in [-0.25, -0.2) is 4.79 Å². The van der Waals surface area contributed by atoms with E-state index in [1.54, 1.807) is 19.1 Å². The molecule has 6 aliphatic heterocycles. The lowest BCUT2D eigenvalue weighted by Crippen LogP contribution is -2.55. The fourth-order valence-corrected chi connectivity index (χ4v) is 11.2. The van der Waals surface area contributed by atoms with Gasteiger partial charge in [0.1, 0.15) is 82.6 Å². The summed E-state index contributed by atoms with van der Waals surface area (Å²) in [6.45, 7) is 1.51. The third kappa shape index (κ3) is 11.9. The predicted octanol–water partition coefficient (Wildman–Crippen LogP) is 6.11. The van der Waals surface area contributed by atoms with Crippen molar-refractivity contribution in [2.24, 2.45) is 0 Å². The summed E-state index contributed by atoms with van der Waals surface area (Å²) in [6.07, 6.45) is -2.04. The van der Waals surface area contributed by atoms with Gasteiger partial charge < -0.3 is 91.9 Å². The van der Waals surface area contributed by atoms with E-state index >= 15 is 19.2 Å². The summed E-state index contributed by atoms with van der Waals surface area (Å²) >= 11 is 13.7. The van der Waals surface area contributed by atoms with Gasteiger partial charge in [-0.1, -0.05) is 60.5 Å². The molecule has 7 aromatic rings. The average Bonchev–Trinajstić information content (AvgIpc) is 1.01. The van der Waals surface area contributed by atoms with Crippen molar-refractivity contribution < 1.29 is 88.3 Å². The molecule has 6 amide bonds. The number of nitrogens with one attached hydrogen (secondary N) is 7. The number of aliphatic hydroxyl groups is 1. The summed E-state index contributed by atoms with van der Waals surface area (Å²) in [7, 11) is 1.47. The summed E-state index contributed by atoms with van der Waals surface area (Å²) in [5.74, 6) is -13.5. The number of aromatic hydroxyl groups is 6. The number of hydrogen-bond donors (Lipinski definition) is 14. The van der Waals surface area contributed by atoms with Crippen molar-refractivity contribution in [3.8, 4) is 80.1 Å². The SMILES string of the molecule is CCCOC(=O)C1NC(=O)C2NC(=O)C(NC(=O)C3NC(=O)C4NC(=O)C(Cc5ccc(cc5)Oc5cc3cc(c5O)Oc3ccc(cc3Cl)C2O)NC(=O)C(NC)c2ccc(O)c(c2)Oc2cc(O)c(Cl)c4c2)c2ccc(O)c(c2)-c2c(O)cc(O)cc21. The summed E-state index contributed by atoms with van der Waals surface area (Å²) < 4.78 is 24.0. The molecule has 0 aromatic heterocycles. The third-order valence-corrected chi connectivity index (χ3v) is 15.9. The number of carbonyl (C=O) groups excluding carboxylic acids is 7. The highest BCUT2D eigenvalue weighted by molar-refractivity contribution is 6.33. The fourth-order valence-electron chi connectivity index (χ4n) is 10.8. The highest BCUT2D eigenvalue weighted by Gasteiger charge is 2.42. The maximum atomic E-state index is 15.8. The van der Waals surface area contributed by atoms with E-state index in [2.05, 4.69) is 37.2 Å². The molecule has 0 spiro atoms. The van der Waals surface area contributed by atoms with E-state index in [0.29, 0.717) is 12.0 Å². The number of esters is 1. The van der Waals surface area contributed by atoms with Gasteiger partial charge >= 0.3 is 5.97 Å². The molecular weight excluding hydrogens is 1200 g/mol. The number of fused-ring (bicyclic) bond motifs is 14. The van der Waals surface area contributed by atoms with Gasteiger partial charge in [-0.2, -0.15) is 0 Å². The smallest absolute Gasteiger partial charge is 0.333 e. The highest BCUT2D eigenvalue weighted by Crippen LogP contribution is 2.48. The number of phenolic OH excluding ortho intramolecular Hbond substituents is 6. The van der Waals surface area contributed by atoms with Crippen molar-refractivity contribution in [2.45, 2.75) is 68.2 Å². The lowest BCUT2D eigenvalue weighted by atomic mass is 9.89. The molecule has 27 heteroatoms. The van der Waals surface area contributed by atoms with Crippen LogP contribution in [-0.4, -0.2) is 103 Å². The Labute approximate surface area is 514 Å². The fraction of sp³-hybridized carbons (Fsp3) is 0.210. The molecule has 89 heavy (non-hydrogen) atoms. The number of phenols is 6. The Morgan fingerprint density at radius 1 is 0.562 bits per heavy atom. The summed E-state index contributed by atoms with van der Waals surface area (Å²) in [6, 6.07) is 10.3. The first kappa shape index (κ1) is 60.2. The summed E-state index contributed by atoms with van der Waals surface area (Å²) in [4.78, 5) is 105. The molecule has 6 heterocycles. The van der Waals surface area contributed by atoms with Crippen LogP contribution in [0.3, 0.4) is 0 Å². The van der Waals surface area contributed by atoms with E-state index in [0.717, 1.165) is 54.6 Å². The molecule has 0 saturated heterocycles. The molecule has 8 unspecified atom stereocenters. The topological polar surface area (TPSA) is 382 Å². The van der Waals surface area contributed by atoms with Crippen LogP contribution in [0.2, 0.25) is 10.0 Å². The van der Waals surface area contributed by atoms with Crippen LogP contribution in [0.5, 0.6) is 69.0 Å². The van der Waals surface area contributed by atoms with Crippen LogP contribution in [0, 0.1) is 0 Å². The number of hydrogen-bond acceptors (Lipinski definition) is 19. The van der Waals surface area contributed by atoms with Crippen LogP contribution in [0.4, 0.5) is 0 Å². The first-order chi connectivity index (χ1) is 42.6. The van der Waals surface area contributed by atoms with Crippen LogP contribution in [0.1, 0.15) is 88.6 Å². The molecule has 0 fully saturated rings. The number of amides is 6. The Bertz CT molecular complexity index is 4090. The molecule has 8 atom stereocenters. The number of benzene rings is 7. The molecule has 0 aliphatic carbocycles. The minimum absolute atomic E-state index is 0.0518. The third-order valence-electron chi connectivity index (χ3n) is 15.2. The Kier molecular flexibility index (Phi) is 16.5. The average molecular weight is 1260 g/mol. The van der Waals surface area contributed by atoms with Gasteiger partial charge in [0.2, 0.25) is 41.2 Å². The van der Waals surface area contributed by atoms with Gasteiger partial charge in [-0.05, 0) is 114 Å². The summed E-state index contributed by atoms with van der Waals surface area (Å²) in [5.41, 5.74) is -1.42. The number of halogens is 2. The Hall–Kier alpha value is -10.5. The van der Waals surface area contributed by atoms with Crippen LogP contribution in [0.15, 0.2) is 115 Å². The zero-order valence-electron chi connectivity index (χ0n) is 46.6. The van der Waals surface area contributed by atoms with Crippen LogP contribution < -0.4 is 51.4 Å². The van der Waals surface area contributed by atoms with Crippen molar-refractivity contribution in [2.75, 3.05) is 13.7 Å². The van der Waals surface area contributed by atoms with Gasteiger partial charge in [0.15, 0.2) is 29.0 Å². The second-order valence-corrected chi connectivity index (χ2v) is 21.9. The van der Waals surface area contributed by atoms with Crippen molar-refractivity contribution in [1.82, 2.24) is 37.2 Å². The molecular formula is C62H53Cl2N7O18. The van der Waals surface area contributed by atoms with Crippen molar-refractivity contribution >= 4 is 64.6 Å². The number of likely N-dealkylation sites (N-methyl/N-ethyl adjacent to an activating group) is 1. The Morgan fingerprint density at radius 3 is 1.92 bits per heavy atom. The molecule has 7 aromatic carbocycles. The second-order valence-electron chi connectivity index (χ2n) is 21.1. The zero-order chi connectivity index (χ0) is 63.3. The Morgan fingerprint density at radius 2 is 1.20 bits per heavy atom. The van der Waals surface area contributed by atoms with E-state index in [9.17, 15) is 50.1 Å². The largest absolute Gasteiger partial charge is 0.508 e. The number of carbonyl (C=O) groups is 7. The number of rotatable bonds is 4. The zero-order valence-corrected chi connectivity index (χ0v) is 48.1. The van der Waals surface area contributed by atoms with E-state index in [1.807, 2.05) is 0 Å². The first-order valence-electron chi connectivity index (χ1n) is 27.4. The lowest BCUT2D eigenvalue weighted by molar-refractivity contribution is -0.149. The van der Waals surface area contributed by atoms with Gasteiger partial charge in [0.25, 0.3) is 0 Å².